The van der Waals surface area contributed by atoms with Crippen molar-refractivity contribution in [2.24, 2.45) is 5.73 Å². The molecule has 0 aliphatic carbocycles. The Hall–Kier alpha value is -4.53. The largest absolute Gasteiger partial charge is 0.478 e. The third-order valence-corrected chi connectivity index (χ3v) is 5.51. The molecule has 37 heavy (non-hydrogen) atoms. The van der Waals surface area contributed by atoms with E-state index in [-0.39, 0.29) is 16.9 Å². The van der Waals surface area contributed by atoms with Gasteiger partial charge in [-0.15, -0.1) is 0 Å². The highest BCUT2D eigenvalue weighted by Gasteiger charge is 2.34. The fourth-order valence-corrected chi connectivity index (χ4v) is 3.69. The van der Waals surface area contributed by atoms with Gasteiger partial charge in [-0.05, 0) is 75.4 Å². The summed E-state index contributed by atoms with van der Waals surface area (Å²) in [6, 6.07) is 21.0. The molecule has 0 radical (unpaired) electrons. The van der Waals surface area contributed by atoms with Crippen LogP contribution in [-0.4, -0.2) is 21.6 Å². The molecule has 0 fully saturated rings. The second kappa shape index (κ2) is 11.0. The lowest BCUT2D eigenvalue weighted by Gasteiger charge is -2.16. The molecular formula is C28H25F3N2O4. The first-order valence-corrected chi connectivity index (χ1v) is 11.1. The van der Waals surface area contributed by atoms with E-state index in [9.17, 15) is 22.8 Å². The van der Waals surface area contributed by atoms with Gasteiger partial charge in [-0.1, -0.05) is 29.8 Å². The van der Waals surface area contributed by atoms with E-state index in [1.54, 1.807) is 31.2 Å². The first-order valence-electron chi connectivity index (χ1n) is 11.1. The summed E-state index contributed by atoms with van der Waals surface area (Å²) in [4.78, 5) is 22.0. The van der Waals surface area contributed by atoms with Crippen molar-refractivity contribution >= 4 is 11.9 Å². The Morgan fingerprint density at radius 3 is 1.89 bits per heavy atom. The van der Waals surface area contributed by atoms with Crippen molar-refractivity contribution in [3.8, 4) is 17.2 Å². The number of carboxylic acid groups (broad SMARTS) is 1. The Balaban J connectivity index is 0.000000208. The first kappa shape index (κ1) is 27.1. The third kappa shape index (κ3) is 6.58. The van der Waals surface area contributed by atoms with E-state index in [0.717, 1.165) is 11.8 Å². The number of carbonyl (C=O) groups excluding carboxylic acids is 1. The number of para-hydroxylation sites is 1. The standard InChI is InChI=1S/C14H12F3NO2.C14H13NO2/c1-8-7-10(13(19)20)9(2)18(8)12-6-4-3-5-11(12)14(15,16)17;1-10-2-6-12(7-3-10)17-13-8-4-11(5-9-13)14(15)16/h3-7H,1-2H3,(H,19,20);2-9H,1H3,(H2,15,16). The van der Waals surface area contributed by atoms with Crippen LogP contribution in [0.15, 0.2) is 78.9 Å². The highest BCUT2D eigenvalue weighted by molar-refractivity contribution is 5.92. The van der Waals surface area contributed by atoms with Crippen LogP contribution in [0.5, 0.6) is 11.5 Å². The number of halogens is 3. The van der Waals surface area contributed by atoms with Crippen molar-refractivity contribution in [2.75, 3.05) is 0 Å². The van der Waals surface area contributed by atoms with Gasteiger partial charge in [0, 0.05) is 17.0 Å². The summed E-state index contributed by atoms with van der Waals surface area (Å²) in [6.07, 6.45) is -4.50. The summed E-state index contributed by atoms with van der Waals surface area (Å²) in [5, 5.41) is 9.04. The number of alkyl halides is 3. The summed E-state index contributed by atoms with van der Waals surface area (Å²) >= 11 is 0. The van der Waals surface area contributed by atoms with Gasteiger partial charge in [0.25, 0.3) is 0 Å². The summed E-state index contributed by atoms with van der Waals surface area (Å²) in [7, 11) is 0. The molecule has 3 aromatic carbocycles. The quantitative estimate of drug-likeness (QED) is 0.312. The molecule has 0 spiro atoms. The van der Waals surface area contributed by atoms with Gasteiger partial charge < -0.3 is 20.1 Å². The number of carbonyl (C=O) groups is 2. The number of benzene rings is 3. The van der Waals surface area contributed by atoms with Gasteiger partial charge in [-0.2, -0.15) is 13.2 Å². The van der Waals surface area contributed by atoms with Crippen LogP contribution in [0, 0.1) is 20.8 Å². The zero-order valence-corrected chi connectivity index (χ0v) is 20.3. The fourth-order valence-electron chi connectivity index (χ4n) is 3.69. The maximum atomic E-state index is 13.0. The highest BCUT2D eigenvalue weighted by Crippen LogP contribution is 2.35. The van der Waals surface area contributed by atoms with Crippen LogP contribution >= 0.6 is 0 Å². The van der Waals surface area contributed by atoms with E-state index in [1.807, 2.05) is 31.2 Å². The molecular weight excluding hydrogens is 485 g/mol. The zero-order valence-electron chi connectivity index (χ0n) is 20.3. The molecule has 4 aromatic rings. The normalized spacial score (nSPS) is 10.9. The summed E-state index contributed by atoms with van der Waals surface area (Å²) < 4.78 is 46.0. The van der Waals surface area contributed by atoms with Gasteiger partial charge in [-0.3, -0.25) is 4.79 Å². The number of nitrogens with two attached hydrogens (primary N) is 1. The van der Waals surface area contributed by atoms with Gasteiger partial charge in [-0.25, -0.2) is 4.79 Å². The van der Waals surface area contributed by atoms with Gasteiger partial charge in [0.1, 0.15) is 11.5 Å². The van der Waals surface area contributed by atoms with Crippen LogP contribution in [0.3, 0.4) is 0 Å². The summed E-state index contributed by atoms with van der Waals surface area (Å²) in [5.41, 5.74) is 6.66. The Morgan fingerprint density at radius 1 is 0.865 bits per heavy atom. The molecule has 0 aliphatic heterocycles. The molecule has 1 aromatic heterocycles. The Morgan fingerprint density at radius 2 is 1.41 bits per heavy atom. The van der Waals surface area contributed by atoms with Crippen molar-refractivity contribution < 1.29 is 32.6 Å². The molecule has 0 unspecified atom stereocenters. The summed E-state index contributed by atoms with van der Waals surface area (Å²) in [6.45, 7) is 5.08. The Kier molecular flexibility index (Phi) is 8.07. The van der Waals surface area contributed by atoms with Crippen LogP contribution in [-0.2, 0) is 6.18 Å². The second-order valence-electron chi connectivity index (χ2n) is 8.24. The minimum Gasteiger partial charge on any atom is -0.478 e. The number of aromatic carboxylic acids is 1. The molecule has 0 saturated heterocycles. The van der Waals surface area contributed by atoms with E-state index in [1.165, 1.54) is 41.3 Å². The van der Waals surface area contributed by atoms with Crippen molar-refractivity contribution in [2.45, 2.75) is 26.9 Å². The fraction of sp³-hybridized carbons (Fsp3) is 0.143. The number of rotatable bonds is 5. The molecule has 0 atom stereocenters. The molecule has 1 amide bonds. The van der Waals surface area contributed by atoms with Gasteiger partial charge in [0.15, 0.2) is 0 Å². The lowest BCUT2D eigenvalue weighted by molar-refractivity contribution is -0.137. The Labute approximate surface area is 211 Å². The van der Waals surface area contributed by atoms with Crippen molar-refractivity contribution in [1.82, 2.24) is 4.57 Å². The minimum atomic E-state index is -4.50. The Bertz CT molecular complexity index is 1410. The number of primary amides is 1. The van der Waals surface area contributed by atoms with Crippen LogP contribution < -0.4 is 10.5 Å². The van der Waals surface area contributed by atoms with Crippen LogP contribution in [0.25, 0.3) is 5.69 Å². The van der Waals surface area contributed by atoms with Gasteiger partial charge >= 0.3 is 12.1 Å². The van der Waals surface area contributed by atoms with Crippen molar-refractivity contribution in [1.29, 1.82) is 0 Å². The number of aromatic nitrogens is 1. The predicted molar refractivity (Wildman–Crippen MR) is 133 cm³/mol. The molecule has 0 bridgehead atoms. The summed E-state index contributed by atoms with van der Waals surface area (Å²) in [5.74, 6) is -0.151. The maximum Gasteiger partial charge on any atom is 0.418 e. The number of hydrogen-bond donors (Lipinski definition) is 2. The molecule has 4 rings (SSSR count). The van der Waals surface area contributed by atoms with E-state index in [0.29, 0.717) is 17.0 Å². The molecule has 0 saturated carbocycles. The minimum absolute atomic E-state index is 0.000484. The van der Waals surface area contributed by atoms with E-state index < -0.39 is 23.6 Å². The van der Waals surface area contributed by atoms with E-state index in [4.69, 9.17) is 15.6 Å². The van der Waals surface area contributed by atoms with E-state index >= 15 is 0 Å². The predicted octanol–water partition coefficient (Wildman–Crippen LogP) is 6.70. The number of carboxylic acids is 1. The van der Waals surface area contributed by atoms with Crippen LogP contribution in [0.2, 0.25) is 0 Å². The smallest absolute Gasteiger partial charge is 0.418 e. The van der Waals surface area contributed by atoms with Gasteiger partial charge in [0.05, 0.1) is 16.8 Å². The number of amides is 1. The SMILES string of the molecule is Cc1cc(C(=O)O)c(C)n1-c1ccccc1C(F)(F)F.Cc1ccc(Oc2ccc(C(N)=O)cc2)cc1. The molecule has 9 heteroatoms. The number of nitrogens with zero attached hydrogens (tertiary/aromatic N) is 1. The number of ether oxygens (including phenoxy) is 1. The maximum absolute atomic E-state index is 13.0. The molecule has 3 N–H and O–H groups in total. The lowest BCUT2D eigenvalue weighted by Crippen LogP contribution is -2.12. The lowest BCUT2D eigenvalue weighted by atomic mass is 10.1. The highest BCUT2D eigenvalue weighted by atomic mass is 19.4. The van der Waals surface area contributed by atoms with Crippen molar-refractivity contribution in [3.63, 3.8) is 0 Å². The number of aryl methyl sites for hydroxylation is 2. The average molecular weight is 511 g/mol. The number of hydrogen-bond acceptors (Lipinski definition) is 3. The van der Waals surface area contributed by atoms with Crippen LogP contribution in [0.4, 0.5) is 13.2 Å². The molecule has 6 nitrogen and oxygen atoms in total. The molecule has 192 valence electrons. The molecule has 0 aliphatic rings. The zero-order chi connectivity index (χ0) is 27.3. The third-order valence-electron chi connectivity index (χ3n) is 5.51. The topological polar surface area (TPSA) is 94.5 Å². The van der Waals surface area contributed by atoms with Crippen molar-refractivity contribution in [3.05, 3.63) is 113 Å². The average Bonchev–Trinajstić information content (AvgIpc) is 3.14. The van der Waals surface area contributed by atoms with Gasteiger partial charge in [0.2, 0.25) is 5.91 Å². The second-order valence-corrected chi connectivity index (χ2v) is 8.24. The molecule has 1 heterocycles. The van der Waals surface area contributed by atoms with E-state index in [2.05, 4.69) is 0 Å². The first-order chi connectivity index (χ1) is 17.4. The monoisotopic (exact) mass is 510 g/mol. The van der Waals surface area contributed by atoms with Crippen LogP contribution in [0.1, 0.15) is 43.2 Å².